The predicted molar refractivity (Wildman–Crippen MR) is 284 cm³/mol. The molecule has 0 aromatic heterocycles. The van der Waals surface area contributed by atoms with Crippen molar-refractivity contribution in [3.05, 3.63) is 119 Å². The van der Waals surface area contributed by atoms with Crippen molar-refractivity contribution in [2.75, 3.05) is 107 Å². The third kappa shape index (κ3) is 14.9. The third-order valence-electron chi connectivity index (χ3n) is 13.1. The first-order valence-corrected chi connectivity index (χ1v) is 30.5. The Hall–Kier alpha value is -3.74. The Labute approximate surface area is 425 Å². The number of nitrogens with one attached hydrogen (secondary N) is 2. The number of halogens is 1. The number of thioether (sulfide) groups is 1. The van der Waals surface area contributed by atoms with Gasteiger partial charge in [0.25, 0.3) is 15.9 Å². The van der Waals surface area contributed by atoms with Crippen LogP contribution in [0.3, 0.4) is 0 Å². The molecule has 1 amide bonds. The number of allylic oxidation sites excluding steroid dienone is 1. The number of carbonyl (C=O) groups is 1. The van der Waals surface area contributed by atoms with Gasteiger partial charge >= 0.3 is 7.60 Å². The van der Waals surface area contributed by atoms with Crippen molar-refractivity contribution < 1.29 is 35.2 Å². The lowest BCUT2D eigenvalue weighted by Gasteiger charge is -2.39. The summed E-state index contributed by atoms with van der Waals surface area (Å²) in [5, 5.41) is 4.17. The maximum absolute atomic E-state index is 13.8. The van der Waals surface area contributed by atoms with Crippen LogP contribution in [0.25, 0.3) is 5.57 Å². The standard InChI is InChI=1S/C51H68ClN6O8PS3/c1-6-65-67(60,66-7-2)38-57-27-25-56(26-28-57)36-43(37-68-45-11-9-8-10-12-45)53-48-22-21-46(33-49(48)69(5,61)62)70(63,64)54-50(59)40-15-19-44(20-16-40)58-31-29-55(30-32-58)35-41-34-51(3,4)24-23-47(41)39-13-17-42(52)18-14-39/h8-22,33,43,53H,6-7,23-32,34-38H2,1-5H3,(H,54,59). The van der Waals surface area contributed by atoms with E-state index in [1.807, 2.05) is 54.6 Å². The van der Waals surface area contributed by atoms with E-state index in [2.05, 4.69) is 55.6 Å². The van der Waals surface area contributed by atoms with E-state index in [1.54, 1.807) is 37.7 Å². The van der Waals surface area contributed by atoms with E-state index in [1.165, 1.54) is 28.8 Å². The Morgan fingerprint density at radius 1 is 0.814 bits per heavy atom. The molecular weight excluding hydrogens is 987 g/mol. The molecule has 19 heteroatoms. The highest BCUT2D eigenvalue weighted by molar-refractivity contribution is 7.99. The van der Waals surface area contributed by atoms with Gasteiger partial charge in [0.1, 0.15) is 6.29 Å². The zero-order valence-corrected chi connectivity index (χ0v) is 45.0. The van der Waals surface area contributed by atoms with Crippen molar-refractivity contribution in [1.82, 2.24) is 19.4 Å². The van der Waals surface area contributed by atoms with Crippen LogP contribution in [0.15, 0.2) is 117 Å². The Balaban J connectivity index is 0.979. The van der Waals surface area contributed by atoms with Crippen LogP contribution in [0.1, 0.15) is 62.9 Å². The number of anilines is 2. The topological polar surface area (TPSA) is 158 Å². The number of piperazine rings is 2. The third-order valence-corrected chi connectivity index (χ3v) is 19.0. The van der Waals surface area contributed by atoms with E-state index in [9.17, 15) is 26.2 Å². The van der Waals surface area contributed by atoms with Gasteiger partial charge in [0.15, 0.2) is 9.84 Å². The Kier molecular flexibility index (Phi) is 18.4. The first-order chi connectivity index (χ1) is 33.3. The van der Waals surface area contributed by atoms with Crippen LogP contribution >= 0.6 is 31.0 Å². The number of hydrogen-bond acceptors (Lipinski definition) is 14. The average Bonchev–Trinajstić information content (AvgIpc) is 3.32. The number of hydrogen-bond donors (Lipinski definition) is 2. The molecule has 1 unspecified atom stereocenters. The summed E-state index contributed by atoms with van der Waals surface area (Å²) < 4.78 is 80.6. The lowest BCUT2D eigenvalue weighted by molar-refractivity contribution is 0.0981. The monoisotopic (exact) mass is 1050 g/mol. The molecule has 1 atom stereocenters. The largest absolute Gasteiger partial charge is 0.379 e. The van der Waals surface area contributed by atoms with E-state index in [-0.39, 0.29) is 38.8 Å². The lowest BCUT2D eigenvalue weighted by Crippen LogP contribution is -2.50. The van der Waals surface area contributed by atoms with Crippen molar-refractivity contribution in [2.24, 2.45) is 5.41 Å². The van der Waals surface area contributed by atoms with Gasteiger partial charge in [-0.15, -0.1) is 11.8 Å². The molecule has 0 bridgehead atoms. The summed E-state index contributed by atoms with van der Waals surface area (Å²) in [5.74, 6) is -0.247. The number of sulfone groups is 1. The SMILES string of the molecule is CCOP(=O)(CN1CCN(CC(CSc2ccccc2)Nc2ccc(S(=O)(=O)NC(=O)c3ccc(N4CCN(CC5=C(c6ccc(Cl)cc6)CCC(C)(C)C5)CC4)cc3)cc2S(C)(=O)=O)CC1)OCC. The summed E-state index contributed by atoms with van der Waals surface area (Å²) in [4.78, 5) is 23.1. The number of sulfonamides is 1. The fourth-order valence-electron chi connectivity index (χ4n) is 9.41. The van der Waals surface area contributed by atoms with E-state index in [0.717, 1.165) is 79.9 Å². The van der Waals surface area contributed by atoms with Crippen LogP contribution in [-0.4, -0.2) is 140 Å². The number of benzene rings is 4. The van der Waals surface area contributed by atoms with Gasteiger partial charge in [0.2, 0.25) is 0 Å². The first-order valence-electron chi connectivity index (χ1n) is 24.0. The van der Waals surface area contributed by atoms with Crippen molar-refractivity contribution >= 4 is 73.7 Å². The fraction of sp³-hybridized carbons (Fsp3) is 0.471. The van der Waals surface area contributed by atoms with Crippen LogP contribution in [0.2, 0.25) is 5.02 Å². The van der Waals surface area contributed by atoms with E-state index < -0.39 is 33.4 Å². The number of amides is 1. The summed E-state index contributed by atoms with van der Waals surface area (Å²) in [7, 11) is -11.7. The molecule has 380 valence electrons. The van der Waals surface area contributed by atoms with Crippen LogP contribution < -0.4 is 14.9 Å². The van der Waals surface area contributed by atoms with Gasteiger partial charge in [-0.1, -0.05) is 61.4 Å². The van der Waals surface area contributed by atoms with Crippen LogP contribution in [-0.2, 0) is 33.5 Å². The summed E-state index contributed by atoms with van der Waals surface area (Å²) in [5.41, 5.74) is 5.78. The van der Waals surface area contributed by atoms with Gasteiger partial charge in [0.05, 0.1) is 28.7 Å². The minimum atomic E-state index is -4.48. The molecule has 2 heterocycles. The molecule has 70 heavy (non-hydrogen) atoms. The molecule has 3 aliphatic rings. The Morgan fingerprint density at radius 3 is 2.07 bits per heavy atom. The molecule has 4 aromatic rings. The average molecular weight is 1060 g/mol. The first kappa shape index (κ1) is 54.0. The van der Waals surface area contributed by atoms with Crippen molar-refractivity contribution in [3.8, 4) is 0 Å². The minimum absolute atomic E-state index is 0.159. The summed E-state index contributed by atoms with van der Waals surface area (Å²) in [6.45, 7) is 16.3. The number of nitrogens with zero attached hydrogens (tertiary/aromatic N) is 4. The summed E-state index contributed by atoms with van der Waals surface area (Å²) in [6, 6.07) is 28.6. The molecule has 1 aliphatic carbocycles. The summed E-state index contributed by atoms with van der Waals surface area (Å²) >= 11 is 7.84. The lowest BCUT2D eigenvalue weighted by atomic mass is 9.73. The molecule has 2 fully saturated rings. The highest BCUT2D eigenvalue weighted by atomic mass is 35.5. The minimum Gasteiger partial charge on any atom is -0.379 e. The summed E-state index contributed by atoms with van der Waals surface area (Å²) in [6.07, 6.45) is 4.49. The molecule has 2 saturated heterocycles. The van der Waals surface area contributed by atoms with Crippen LogP contribution in [0, 0.1) is 5.41 Å². The highest BCUT2D eigenvalue weighted by Gasteiger charge is 2.32. The van der Waals surface area contributed by atoms with Gasteiger partial charge in [-0.25, -0.2) is 21.6 Å². The molecule has 0 radical (unpaired) electrons. The van der Waals surface area contributed by atoms with Crippen molar-refractivity contribution in [1.29, 1.82) is 0 Å². The van der Waals surface area contributed by atoms with E-state index in [4.69, 9.17) is 20.6 Å². The zero-order chi connectivity index (χ0) is 50.1. The quantitative estimate of drug-likeness (QED) is 0.0602. The molecule has 7 rings (SSSR count). The normalized spacial score (nSPS) is 18.2. The van der Waals surface area contributed by atoms with Crippen molar-refractivity contribution in [2.45, 2.75) is 67.7 Å². The molecule has 0 saturated carbocycles. The zero-order valence-electron chi connectivity index (χ0n) is 40.9. The Morgan fingerprint density at radius 2 is 1.44 bits per heavy atom. The molecule has 14 nitrogen and oxygen atoms in total. The molecular formula is C51H68ClN6O8PS3. The van der Waals surface area contributed by atoms with Gasteiger partial charge in [-0.3, -0.25) is 24.1 Å². The molecule has 0 spiro atoms. The van der Waals surface area contributed by atoms with E-state index in [0.29, 0.717) is 51.7 Å². The van der Waals surface area contributed by atoms with Gasteiger partial charge < -0.3 is 19.3 Å². The van der Waals surface area contributed by atoms with Gasteiger partial charge in [0, 0.05) is 105 Å². The smallest absolute Gasteiger partial charge is 0.344 e. The highest BCUT2D eigenvalue weighted by Crippen LogP contribution is 2.48. The van der Waals surface area contributed by atoms with Crippen LogP contribution in [0.4, 0.5) is 11.4 Å². The molecule has 2 aliphatic heterocycles. The maximum atomic E-state index is 13.8. The predicted octanol–water partition coefficient (Wildman–Crippen LogP) is 9.06. The van der Waals surface area contributed by atoms with Crippen molar-refractivity contribution in [3.63, 3.8) is 0 Å². The second-order valence-corrected chi connectivity index (χ2v) is 26.3. The molecule has 4 aromatic carbocycles. The van der Waals surface area contributed by atoms with Gasteiger partial charge in [-0.2, -0.15) is 0 Å². The Bertz CT molecular complexity index is 2700. The van der Waals surface area contributed by atoms with Gasteiger partial charge in [-0.05, 0) is 116 Å². The second kappa shape index (κ2) is 23.9. The van der Waals surface area contributed by atoms with Crippen LogP contribution in [0.5, 0.6) is 0 Å². The number of carbonyl (C=O) groups excluding carboxylic acids is 1. The second-order valence-electron chi connectivity index (χ2n) is 19.1. The molecule has 2 N–H and O–H groups in total. The number of rotatable bonds is 21. The fourth-order valence-corrected chi connectivity index (χ4v) is 14.2. The maximum Gasteiger partial charge on any atom is 0.344 e. The van der Waals surface area contributed by atoms with E-state index >= 15 is 0 Å².